The van der Waals surface area contributed by atoms with Crippen molar-refractivity contribution in [3.8, 4) is 5.75 Å². The minimum Gasteiger partial charge on any atom is -0.411 e. The third-order valence-corrected chi connectivity index (χ3v) is 2.96. The Balaban J connectivity index is 2.08. The molecule has 0 radical (unpaired) electrons. The van der Waals surface area contributed by atoms with Gasteiger partial charge in [-0.2, -0.15) is 0 Å². The monoisotopic (exact) mass is 299 g/mol. The first-order valence-corrected chi connectivity index (χ1v) is 6.62. The summed E-state index contributed by atoms with van der Waals surface area (Å²) in [4.78, 5) is 24.8. The number of carbonyl (C=O) groups excluding carboxylic acids is 2. The highest BCUT2D eigenvalue weighted by Crippen LogP contribution is 2.18. The standard InChI is InChI=1S/C16H17N3O3/c1-19(2)13-5-3-4-11(10-13)15(20)18-12-6-8-14(9-7-12)22-16(17)21/h3-10H,1-2H3,(H2,17,21)(H,18,20). The molecule has 0 fully saturated rings. The predicted octanol–water partition coefficient (Wildman–Crippen LogP) is 2.46. The van der Waals surface area contributed by atoms with E-state index in [1.54, 1.807) is 36.4 Å². The number of primary amides is 1. The average molecular weight is 299 g/mol. The van der Waals surface area contributed by atoms with Crippen LogP contribution in [-0.2, 0) is 0 Å². The molecule has 3 N–H and O–H groups in total. The number of nitrogens with two attached hydrogens (primary N) is 1. The molecule has 2 amide bonds. The zero-order valence-electron chi connectivity index (χ0n) is 12.4. The molecule has 2 rings (SSSR count). The molecule has 2 aromatic rings. The fourth-order valence-electron chi connectivity index (χ4n) is 1.85. The molecule has 22 heavy (non-hydrogen) atoms. The lowest BCUT2D eigenvalue weighted by Gasteiger charge is -2.13. The van der Waals surface area contributed by atoms with Gasteiger partial charge in [0.05, 0.1) is 0 Å². The van der Waals surface area contributed by atoms with E-state index in [9.17, 15) is 9.59 Å². The summed E-state index contributed by atoms with van der Waals surface area (Å²) in [6.45, 7) is 0. The number of nitrogens with zero attached hydrogens (tertiary/aromatic N) is 1. The van der Waals surface area contributed by atoms with Crippen LogP contribution in [0, 0.1) is 0 Å². The molecule has 6 heteroatoms. The Morgan fingerprint density at radius 3 is 2.36 bits per heavy atom. The van der Waals surface area contributed by atoms with Gasteiger partial charge in [-0.1, -0.05) is 6.07 Å². The molecule has 0 saturated carbocycles. The first-order chi connectivity index (χ1) is 10.5. The second-order valence-corrected chi connectivity index (χ2v) is 4.84. The van der Waals surface area contributed by atoms with E-state index in [2.05, 4.69) is 5.32 Å². The van der Waals surface area contributed by atoms with E-state index in [1.807, 2.05) is 31.1 Å². The summed E-state index contributed by atoms with van der Waals surface area (Å²) in [5.41, 5.74) is 7.02. The van der Waals surface area contributed by atoms with Crippen LogP contribution in [0.25, 0.3) is 0 Å². The highest BCUT2D eigenvalue weighted by atomic mass is 16.5. The van der Waals surface area contributed by atoms with Crippen LogP contribution in [0.4, 0.5) is 16.2 Å². The smallest absolute Gasteiger partial charge is 0.409 e. The van der Waals surface area contributed by atoms with Gasteiger partial charge < -0.3 is 20.7 Å². The van der Waals surface area contributed by atoms with Gasteiger partial charge in [0.1, 0.15) is 5.75 Å². The van der Waals surface area contributed by atoms with Gasteiger partial charge in [0, 0.05) is 31.0 Å². The molecule has 114 valence electrons. The van der Waals surface area contributed by atoms with Crippen LogP contribution in [0.3, 0.4) is 0 Å². The highest BCUT2D eigenvalue weighted by molar-refractivity contribution is 6.04. The molecule has 0 spiro atoms. The van der Waals surface area contributed by atoms with E-state index in [-0.39, 0.29) is 5.91 Å². The normalized spacial score (nSPS) is 9.91. The first kappa shape index (κ1) is 15.4. The number of anilines is 2. The molecular weight excluding hydrogens is 282 g/mol. The highest BCUT2D eigenvalue weighted by Gasteiger charge is 2.08. The molecule has 6 nitrogen and oxygen atoms in total. The van der Waals surface area contributed by atoms with Crippen LogP contribution in [0.1, 0.15) is 10.4 Å². The minimum absolute atomic E-state index is 0.215. The quantitative estimate of drug-likeness (QED) is 0.908. The van der Waals surface area contributed by atoms with E-state index < -0.39 is 6.09 Å². The number of benzene rings is 2. The number of amides is 2. The Kier molecular flexibility index (Phi) is 4.63. The van der Waals surface area contributed by atoms with Crippen LogP contribution >= 0.6 is 0 Å². The Bertz CT molecular complexity index is 681. The lowest BCUT2D eigenvalue weighted by atomic mass is 10.1. The van der Waals surface area contributed by atoms with Gasteiger partial charge in [-0.25, -0.2) is 4.79 Å². The molecule has 0 heterocycles. The maximum absolute atomic E-state index is 12.2. The summed E-state index contributed by atoms with van der Waals surface area (Å²) < 4.78 is 4.72. The zero-order valence-corrected chi connectivity index (χ0v) is 12.4. The maximum Gasteiger partial charge on any atom is 0.409 e. The van der Waals surface area contributed by atoms with Gasteiger partial charge in [0.25, 0.3) is 5.91 Å². The van der Waals surface area contributed by atoms with Crippen molar-refractivity contribution in [3.05, 3.63) is 54.1 Å². The van der Waals surface area contributed by atoms with Crippen molar-refractivity contribution >= 4 is 23.4 Å². The summed E-state index contributed by atoms with van der Waals surface area (Å²) in [7, 11) is 3.82. The van der Waals surface area contributed by atoms with E-state index in [1.165, 1.54) is 0 Å². The first-order valence-electron chi connectivity index (χ1n) is 6.62. The summed E-state index contributed by atoms with van der Waals surface area (Å²) in [6, 6.07) is 13.7. The molecule has 0 aliphatic carbocycles. The van der Waals surface area contributed by atoms with Gasteiger partial charge in [0.15, 0.2) is 0 Å². The largest absolute Gasteiger partial charge is 0.411 e. The fourth-order valence-corrected chi connectivity index (χ4v) is 1.85. The van der Waals surface area contributed by atoms with Crippen LogP contribution in [0.2, 0.25) is 0 Å². The Hall–Kier alpha value is -3.02. The van der Waals surface area contributed by atoms with E-state index in [4.69, 9.17) is 10.5 Å². The molecule has 0 saturated heterocycles. The number of hydrogen-bond acceptors (Lipinski definition) is 4. The molecule has 0 aliphatic heterocycles. The predicted molar refractivity (Wildman–Crippen MR) is 85.4 cm³/mol. The second kappa shape index (κ2) is 6.62. The summed E-state index contributed by atoms with van der Waals surface area (Å²) in [6.07, 6.45) is -0.878. The van der Waals surface area contributed by atoms with E-state index >= 15 is 0 Å². The third kappa shape index (κ3) is 3.99. The van der Waals surface area contributed by atoms with Crippen molar-refractivity contribution in [1.29, 1.82) is 0 Å². The molecule has 0 aromatic heterocycles. The van der Waals surface area contributed by atoms with E-state index in [0.717, 1.165) is 5.69 Å². The van der Waals surface area contributed by atoms with Gasteiger partial charge in [-0.15, -0.1) is 0 Å². The van der Waals surface area contributed by atoms with Crippen LogP contribution < -0.4 is 20.7 Å². The molecule has 2 aromatic carbocycles. The van der Waals surface area contributed by atoms with Crippen LogP contribution in [0.5, 0.6) is 5.75 Å². The Morgan fingerprint density at radius 1 is 1.09 bits per heavy atom. The summed E-state index contributed by atoms with van der Waals surface area (Å²) in [5.74, 6) is 0.104. The van der Waals surface area contributed by atoms with Gasteiger partial charge in [-0.3, -0.25) is 4.79 Å². The maximum atomic E-state index is 12.2. The number of hydrogen-bond donors (Lipinski definition) is 2. The van der Waals surface area contributed by atoms with Crippen LogP contribution in [-0.4, -0.2) is 26.1 Å². The van der Waals surface area contributed by atoms with Gasteiger partial charge in [-0.05, 0) is 42.5 Å². The lowest BCUT2D eigenvalue weighted by Crippen LogP contribution is -2.16. The number of ether oxygens (including phenoxy) is 1. The molecule has 0 aliphatic rings. The topological polar surface area (TPSA) is 84.7 Å². The van der Waals surface area contributed by atoms with Crippen molar-refractivity contribution in [3.63, 3.8) is 0 Å². The van der Waals surface area contributed by atoms with E-state index in [0.29, 0.717) is 17.0 Å². The fraction of sp³-hybridized carbons (Fsp3) is 0.125. The lowest BCUT2D eigenvalue weighted by molar-refractivity contribution is 0.102. The van der Waals surface area contributed by atoms with Crippen LogP contribution in [0.15, 0.2) is 48.5 Å². The molecule has 0 unspecified atom stereocenters. The van der Waals surface area contributed by atoms with Gasteiger partial charge >= 0.3 is 6.09 Å². The molecule has 0 atom stereocenters. The van der Waals surface area contributed by atoms with Crippen molar-refractivity contribution in [2.24, 2.45) is 5.73 Å². The van der Waals surface area contributed by atoms with Gasteiger partial charge in [0.2, 0.25) is 0 Å². The average Bonchev–Trinajstić information content (AvgIpc) is 2.49. The minimum atomic E-state index is -0.878. The zero-order chi connectivity index (χ0) is 16.1. The van der Waals surface area contributed by atoms with Crippen molar-refractivity contribution in [2.45, 2.75) is 0 Å². The summed E-state index contributed by atoms with van der Waals surface area (Å²) in [5, 5.41) is 2.78. The molecular formula is C16H17N3O3. The van der Waals surface area contributed by atoms with Crippen molar-refractivity contribution in [2.75, 3.05) is 24.3 Å². The Labute approximate surface area is 128 Å². The number of rotatable bonds is 4. The van der Waals surface area contributed by atoms with Crippen molar-refractivity contribution in [1.82, 2.24) is 0 Å². The molecule has 0 bridgehead atoms. The number of carbonyl (C=O) groups is 2. The number of nitrogens with one attached hydrogen (secondary N) is 1. The third-order valence-electron chi connectivity index (χ3n) is 2.96. The summed E-state index contributed by atoms with van der Waals surface area (Å²) >= 11 is 0. The second-order valence-electron chi connectivity index (χ2n) is 4.84. The Morgan fingerprint density at radius 2 is 1.77 bits per heavy atom. The SMILES string of the molecule is CN(C)c1cccc(C(=O)Nc2ccc(OC(N)=O)cc2)c1. The van der Waals surface area contributed by atoms with Crippen molar-refractivity contribution < 1.29 is 14.3 Å².